The Morgan fingerprint density at radius 2 is 1.70 bits per heavy atom. The Hall–Kier alpha value is -1.61. The van der Waals surface area contributed by atoms with Crippen LogP contribution in [0.25, 0.3) is 21.8 Å². The number of hydrogen-bond acceptors (Lipinski definition) is 1. The monoisotopic (exact) mass is 371 g/mol. The predicted octanol–water partition coefficient (Wildman–Crippen LogP) is 5.95. The maximum atomic E-state index is 11.7. The molecule has 0 aliphatic carbocycles. The van der Waals surface area contributed by atoms with Crippen molar-refractivity contribution in [3.8, 4) is 0 Å². The van der Waals surface area contributed by atoms with Crippen LogP contribution in [0.5, 0.6) is 0 Å². The summed E-state index contributed by atoms with van der Waals surface area (Å²) in [6.45, 7) is 2.66. The number of halogens is 1. The number of carbonyl (C=O) groups is 1. The highest BCUT2D eigenvalue weighted by Gasteiger charge is 2.11. The van der Waals surface area contributed by atoms with E-state index < -0.39 is 0 Å². The number of alkyl halides is 1. The summed E-state index contributed by atoms with van der Waals surface area (Å²) in [7, 11) is 0. The normalized spacial score (nSPS) is 11.4. The maximum absolute atomic E-state index is 11.7. The number of carbonyl (C=O) groups excluding carboxylic acids is 1. The third-order valence-electron chi connectivity index (χ3n) is 4.44. The summed E-state index contributed by atoms with van der Waals surface area (Å²) in [4.78, 5) is 11.7. The number of Topliss-reactive ketones (excluding diaryl/α,β-unsaturated/α-hetero) is 1. The average Bonchev–Trinajstić information content (AvgIpc) is 2.88. The molecule has 3 heteroatoms. The number of nitrogens with zero attached hydrogens (tertiary/aromatic N) is 1. The minimum Gasteiger partial charge on any atom is -0.340 e. The number of rotatable bonds is 7. The molecule has 0 N–H and O–H groups in total. The van der Waals surface area contributed by atoms with Crippen molar-refractivity contribution in [1.29, 1.82) is 0 Å². The number of unbranched alkanes of at least 4 members (excludes halogenated alkanes) is 3. The molecule has 2 aromatic carbocycles. The summed E-state index contributed by atoms with van der Waals surface area (Å²) in [6.07, 6.45) is 4.96. The molecule has 0 radical (unpaired) electrons. The van der Waals surface area contributed by atoms with Crippen LogP contribution in [-0.2, 0) is 6.54 Å². The number of benzene rings is 2. The Kier molecular flexibility index (Phi) is 5.16. The topological polar surface area (TPSA) is 22.0 Å². The van der Waals surface area contributed by atoms with E-state index in [0.29, 0.717) is 0 Å². The van der Waals surface area contributed by atoms with Crippen LogP contribution in [0.2, 0.25) is 0 Å². The van der Waals surface area contributed by atoms with E-state index >= 15 is 0 Å². The standard InChI is InChI=1S/C20H22BrNO/c1-15(23)16-10-11-20-18(14-16)17-8-4-5-9-19(17)22(20)13-7-3-2-6-12-21/h4-5,8-11,14H,2-3,6-7,12-13H2,1H3. The average molecular weight is 372 g/mol. The van der Waals surface area contributed by atoms with E-state index in [2.05, 4.69) is 50.8 Å². The van der Waals surface area contributed by atoms with E-state index in [0.717, 1.165) is 17.4 Å². The van der Waals surface area contributed by atoms with Crippen LogP contribution in [0.1, 0.15) is 43.0 Å². The van der Waals surface area contributed by atoms with Gasteiger partial charge in [-0.25, -0.2) is 0 Å². The van der Waals surface area contributed by atoms with E-state index in [9.17, 15) is 4.79 Å². The zero-order valence-corrected chi connectivity index (χ0v) is 15.1. The summed E-state index contributed by atoms with van der Waals surface area (Å²) >= 11 is 3.49. The highest BCUT2D eigenvalue weighted by Crippen LogP contribution is 2.30. The highest BCUT2D eigenvalue weighted by molar-refractivity contribution is 9.09. The molecule has 3 rings (SSSR count). The third kappa shape index (κ3) is 3.35. The Labute approximate surface area is 145 Å². The first-order valence-corrected chi connectivity index (χ1v) is 9.42. The lowest BCUT2D eigenvalue weighted by Gasteiger charge is -2.07. The van der Waals surface area contributed by atoms with Gasteiger partial charge in [-0.1, -0.05) is 47.0 Å². The van der Waals surface area contributed by atoms with Gasteiger partial charge in [-0.2, -0.15) is 0 Å². The van der Waals surface area contributed by atoms with Crippen molar-refractivity contribution in [3.63, 3.8) is 0 Å². The van der Waals surface area contributed by atoms with Gasteiger partial charge in [0.05, 0.1) is 0 Å². The fraction of sp³-hybridized carbons (Fsp3) is 0.350. The van der Waals surface area contributed by atoms with E-state index in [1.54, 1.807) is 6.92 Å². The number of ketones is 1. The van der Waals surface area contributed by atoms with Gasteiger partial charge in [-0.05, 0) is 44.0 Å². The highest BCUT2D eigenvalue weighted by atomic mass is 79.9. The number of fused-ring (bicyclic) bond motifs is 3. The lowest BCUT2D eigenvalue weighted by molar-refractivity contribution is 0.101. The van der Waals surface area contributed by atoms with Crippen molar-refractivity contribution in [2.24, 2.45) is 0 Å². The summed E-state index contributed by atoms with van der Waals surface area (Å²) < 4.78 is 2.41. The molecule has 1 aromatic heterocycles. The van der Waals surface area contributed by atoms with Gasteiger partial charge in [-0.3, -0.25) is 4.79 Å². The van der Waals surface area contributed by atoms with Gasteiger partial charge in [0.15, 0.2) is 5.78 Å². The van der Waals surface area contributed by atoms with E-state index in [-0.39, 0.29) is 5.78 Å². The van der Waals surface area contributed by atoms with Crippen LogP contribution in [0, 0.1) is 0 Å². The Morgan fingerprint density at radius 3 is 2.48 bits per heavy atom. The minimum absolute atomic E-state index is 0.124. The van der Waals surface area contributed by atoms with Gasteiger partial charge in [0.25, 0.3) is 0 Å². The summed E-state index contributed by atoms with van der Waals surface area (Å²) in [5.41, 5.74) is 3.29. The van der Waals surface area contributed by atoms with Crippen molar-refractivity contribution in [2.75, 3.05) is 5.33 Å². The molecule has 0 saturated carbocycles. The van der Waals surface area contributed by atoms with Crippen molar-refractivity contribution in [1.82, 2.24) is 4.57 Å². The number of para-hydroxylation sites is 1. The second-order valence-electron chi connectivity index (χ2n) is 6.06. The van der Waals surface area contributed by atoms with Gasteiger partial charge in [0.1, 0.15) is 0 Å². The zero-order chi connectivity index (χ0) is 16.2. The second-order valence-corrected chi connectivity index (χ2v) is 6.85. The molecule has 0 aliphatic rings. The van der Waals surface area contributed by atoms with Crippen LogP contribution < -0.4 is 0 Å². The van der Waals surface area contributed by atoms with Gasteiger partial charge < -0.3 is 4.57 Å². The molecule has 120 valence electrons. The summed E-state index contributed by atoms with van der Waals surface area (Å²) in [5.74, 6) is 0.124. The Morgan fingerprint density at radius 1 is 0.957 bits per heavy atom. The van der Waals surface area contributed by atoms with Gasteiger partial charge in [0.2, 0.25) is 0 Å². The molecule has 0 unspecified atom stereocenters. The number of hydrogen-bond donors (Lipinski definition) is 0. The molecule has 0 amide bonds. The molecule has 1 heterocycles. The van der Waals surface area contributed by atoms with Crippen LogP contribution in [0.4, 0.5) is 0 Å². The molecule has 0 aliphatic heterocycles. The van der Waals surface area contributed by atoms with Crippen molar-refractivity contribution < 1.29 is 4.79 Å². The molecule has 3 aromatic rings. The van der Waals surface area contributed by atoms with Crippen LogP contribution in [0.15, 0.2) is 42.5 Å². The molecule has 0 spiro atoms. The molecule has 0 fully saturated rings. The molecule has 2 nitrogen and oxygen atoms in total. The van der Waals surface area contributed by atoms with Gasteiger partial charge >= 0.3 is 0 Å². The molecule has 0 bridgehead atoms. The van der Waals surface area contributed by atoms with Crippen LogP contribution in [-0.4, -0.2) is 15.7 Å². The minimum atomic E-state index is 0.124. The third-order valence-corrected chi connectivity index (χ3v) is 5.00. The molecular weight excluding hydrogens is 350 g/mol. The first kappa shape index (κ1) is 16.3. The van der Waals surface area contributed by atoms with E-state index in [4.69, 9.17) is 0 Å². The molecule has 23 heavy (non-hydrogen) atoms. The van der Waals surface area contributed by atoms with Crippen molar-refractivity contribution >= 4 is 43.5 Å². The molecule has 0 saturated heterocycles. The lowest BCUT2D eigenvalue weighted by atomic mass is 10.1. The second kappa shape index (κ2) is 7.31. The molecule has 0 atom stereocenters. The lowest BCUT2D eigenvalue weighted by Crippen LogP contribution is -1.98. The quantitative estimate of drug-likeness (QED) is 0.285. The zero-order valence-electron chi connectivity index (χ0n) is 13.5. The summed E-state index contributed by atoms with van der Waals surface area (Å²) in [5, 5.41) is 3.52. The van der Waals surface area contributed by atoms with E-state index in [1.807, 2.05) is 12.1 Å². The Balaban J connectivity index is 1.99. The summed E-state index contributed by atoms with van der Waals surface area (Å²) in [6, 6.07) is 14.6. The van der Waals surface area contributed by atoms with Gasteiger partial charge in [0, 0.05) is 39.2 Å². The number of aryl methyl sites for hydroxylation is 1. The smallest absolute Gasteiger partial charge is 0.159 e. The van der Waals surface area contributed by atoms with Crippen molar-refractivity contribution in [3.05, 3.63) is 48.0 Å². The van der Waals surface area contributed by atoms with E-state index in [1.165, 1.54) is 47.5 Å². The predicted molar refractivity (Wildman–Crippen MR) is 102 cm³/mol. The fourth-order valence-corrected chi connectivity index (χ4v) is 3.63. The number of aromatic nitrogens is 1. The first-order chi connectivity index (χ1) is 11.2. The SMILES string of the molecule is CC(=O)c1ccc2c(c1)c1ccccc1n2CCCCCCBr. The largest absolute Gasteiger partial charge is 0.340 e. The molecular formula is C20H22BrNO. The fourth-order valence-electron chi connectivity index (χ4n) is 3.23. The van der Waals surface area contributed by atoms with Crippen LogP contribution >= 0.6 is 15.9 Å². The van der Waals surface area contributed by atoms with Gasteiger partial charge in [-0.15, -0.1) is 0 Å². The van der Waals surface area contributed by atoms with Crippen molar-refractivity contribution in [2.45, 2.75) is 39.2 Å². The maximum Gasteiger partial charge on any atom is 0.159 e. The van der Waals surface area contributed by atoms with Crippen LogP contribution in [0.3, 0.4) is 0 Å². The first-order valence-electron chi connectivity index (χ1n) is 8.30. The Bertz CT molecular complexity index is 834.